The lowest BCUT2D eigenvalue weighted by Gasteiger charge is -2.42. The van der Waals surface area contributed by atoms with Crippen LogP contribution < -0.4 is 0 Å². The molecule has 1 saturated carbocycles. The van der Waals surface area contributed by atoms with Gasteiger partial charge in [-0.15, -0.1) is 10.2 Å². The molecular weight excluding hydrogens is 326 g/mol. The molecule has 0 radical (unpaired) electrons. The van der Waals surface area contributed by atoms with Crippen LogP contribution >= 0.6 is 0 Å². The van der Waals surface area contributed by atoms with Gasteiger partial charge in [-0.3, -0.25) is 4.79 Å². The molecular formula is C18H20F2N4O. The second kappa shape index (κ2) is 5.89. The number of amides is 1. The largest absolute Gasteiger partial charge is 0.337 e. The van der Waals surface area contributed by atoms with Crippen LogP contribution in [-0.4, -0.2) is 38.7 Å². The highest BCUT2D eigenvalue weighted by Crippen LogP contribution is 2.55. The van der Waals surface area contributed by atoms with Crippen molar-refractivity contribution in [2.45, 2.75) is 38.6 Å². The fourth-order valence-corrected chi connectivity index (χ4v) is 4.21. The van der Waals surface area contributed by atoms with Gasteiger partial charge >= 0.3 is 0 Å². The van der Waals surface area contributed by atoms with Crippen molar-refractivity contribution in [2.24, 2.45) is 5.41 Å². The first-order valence-corrected chi connectivity index (χ1v) is 8.66. The number of hydrogen-bond acceptors (Lipinski definition) is 3. The maximum atomic E-state index is 13.5. The summed E-state index contributed by atoms with van der Waals surface area (Å²) < 4.78 is 28.7. The van der Waals surface area contributed by atoms with E-state index in [0.717, 1.165) is 43.8 Å². The van der Waals surface area contributed by atoms with Crippen LogP contribution in [-0.2, 0) is 6.54 Å². The second-order valence-electron chi connectivity index (χ2n) is 7.06. The third kappa shape index (κ3) is 2.53. The molecule has 132 valence electrons. The minimum absolute atomic E-state index is 0.0359. The van der Waals surface area contributed by atoms with Crippen molar-refractivity contribution in [1.29, 1.82) is 0 Å². The normalized spacial score (nSPS) is 21.6. The third-order valence-corrected chi connectivity index (χ3v) is 5.75. The summed E-state index contributed by atoms with van der Waals surface area (Å²) in [5.41, 5.74) is 0.222. The average molecular weight is 346 g/mol. The molecule has 1 spiro atoms. The number of carbonyl (C=O) groups excluding carboxylic acids is 1. The van der Waals surface area contributed by atoms with E-state index in [2.05, 4.69) is 10.2 Å². The standard InChI is InChI=1S/C18H20F2N4O/c1-2-23-11-21-22-16(23)13-9-24(10-18(13)6-3-7-18)17(25)12-4-5-14(19)15(20)8-12/h4-5,8,11,13H,2-3,6-7,9-10H2,1H3. The first-order valence-electron chi connectivity index (χ1n) is 8.66. The molecule has 7 heteroatoms. The van der Waals surface area contributed by atoms with Gasteiger partial charge in [-0.25, -0.2) is 8.78 Å². The van der Waals surface area contributed by atoms with Crippen molar-refractivity contribution in [2.75, 3.05) is 13.1 Å². The molecule has 5 nitrogen and oxygen atoms in total. The molecule has 2 aliphatic rings. The number of carbonyl (C=O) groups is 1. The highest BCUT2D eigenvalue weighted by atomic mass is 19.2. The Morgan fingerprint density at radius 1 is 1.32 bits per heavy atom. The number of halogens is 2. The van der Waals surface area contributed by atoms with E-state index in [1.807, 2.05) is 11.5 Å². The van der Waals surface area contributed by atoms with E-state index in [1.165, 1.54) is 6.07 Å². The maximum absolute atomic E-state index is 13.5. The molecule has 0 N–H and O–H groups in total. The molecule has 2 heterocycles. The second-order valence-corrected chi connectivity index (χ2v) is 7.06. The summed E-state index contributed by atoms with van der Waals surface area (Å²) in [6, 6.07) is 3.33. The van der Waals surface area contributed by atoms with Gasteiger partial charge in [0.25, 0.3) is 5.91 Å². The summed E-state index contributed by atoms with van der Waals surface area (Å²) in [5.74, 6) is -1.14. The molecule has 1 aliphatic heterocycles. The van der Waals surface area contributed by atoms with Crippen LogP contribution in [0, 0.1) is 17.0 Å². The van der Waals surface area contributed by atoms with Gasteiger partial charge in [-0.2, -0.15) is 0 Å². The summed E-state index contributed by atoms with van der Waals surface area (Å²) in [5, 5.41) is 8.33. The number of rotatable bonds is 3. The van der Waals surface area contributed by atoms with Crippen molar-refractivity contribution in [3.05, 3.63) is 47.5 Å². The summed E-state index contributed by atoms with van der Waals surface area (Å²) in [7, 11) is 0. The fourth-order valence-electron chi connectivity index (χ4n) is 4.21. The topological polar surface area (TPSA) is 51.0 Å². The average Bonchev–Trinajstić information content (AvgIpc) is 3.19. The lowest BCUT2D eigenvalue weighted by molar-refractivity contribution is 0.0722. The van der Waals surface area contributed by atoms with E-state index < -0.39 is 11.6 Å². The van der Waals surface area contributed by atoms with E-state index in [9.17, 15) is 13.6 Å². The third-order valence-electron chi connectivity index (χ3n) is 5.75. The molecule has 2 aromatic rings. The SMILES string of the molecule is CCn1cnnc1C1CN(C(=O)c2ccc(F)c(F)c2)CC12CCC2. The first kappa shape index (κ1) is 16.2. The van der Waals surface area contributed by atoms with Crippen LogP contribution in [0.5, 0.6) is 0 Å². The molecule has 25 heavy (non-hydrogen) atoms. The minimum Gasteiger partial charge on any atom is -0.337 e. The molecule has 1 aromatic heterocycles. The Morgan fingerprint density at radius 2 is 2.12 bits per heavy atom. The van der Waals surface area contributed by atoms with E-state index in [4.69, 9.17) is 0 Å². The lowest BCUT2D eigenvalue weighted by atomic mass is 9.62. The van der Waals surface area contributed by atoms with Gasteiger partial charge < -0.3 is 9.47 Å². The summed E-state index contributed by atoms with van der Waals surface area (Å²) >= 11 is 0. The molecule has 1 saturated heterocycles. The van der Waals surface area contributed by atoms with Gasteiger partial charge in [-0.05, 0) is 43.4 Å². The lowest BCUT2D eigenvalue weighted by Crippen LogP contribution is -2.38. The highest BCUT2D eigenvalue weighted by Gasteiger charge is 2.53. The Morgan fingerprint density at radius 3 is 2.76 bits per heavy atom. The molecule has 1 aliphatic carbocycles. The van der Waals surface area contributed by atoms with Crippen LogP contribution in [0.15, 0.2) is 24.5 Å². The van der Waals surface area contributed by atoms with Crippen molar-refractivity contribution >= 4 is 5.91 Å². The Hall–Kier alpha value is -2.31. The van der Waals surface area contributed by atoms with Gasteiger partial charge in [-0.1, -0.05) is 6.42 Å². The number of aromatic nitrogens is 3. The molecule has 1 unspecified atom stereocenters. The number of hydrogen-bond donors (Lipinski definition) is 0. The highest BCUT2D eigenvalue weighted by molar-refractivity contribution is 5.94. The van der Waals surface area contributed by atoms with Crippen molar-refractivity contribution < 1.29 is 13.6 Å². The first-order chi connectivity index (χ1) is 12.0. The molecule has 0 bridgehead atoms. The quantitative estimate of drug-likeness (QED) is 0.858. The molecule has 2 fully saturated rings. The van der Waals surface area contributed by atoms with Gasteiger partial charge in [0, 0.05) is 31.1 Å². The van der Waals surface area contributed by atoms with Crippen LogP contribution in [0.25, 0.3) is 0 Å². The van der Waals surface area contributed by atoms with Gasteiger partial charge in [0.05, 0.1) is 0 Å². The summed E-state index contributed by atoms with van der Waals surface area (Å²) in [6.45, 7) is 3.99. The van der Waals surface area contributed by atoms with Crippen molar-refractivity contribution in [1.82, 2.24) is 19.7 Å². The Bertz CT molecular complexity index is 815. The predicted octanol–water partition coefficient (Wildman–Crippen LogP) is 2.99. The number of aryl methyl sites for hydroxylation is 1. The zero-order valence-electron chi connectivity index (χ0n) is 14.1. The number of nitrogens with zero attached hydrogens (tertiary/aromatic N) is 4. The van der Waals surface area contributed by atoms with E-state index in [1.54, 1.807) is 11.2 Å². The van der Waals surface area contributed by atoms with Gasteiger partial charge in [0.1, 0.15) is 12.2 Å². The minimum atomic E-state index is -0.995. The number of benzene rings is 1. The van der Waals surface area contributed by atoms with E-state index in [-0.39, 0.29) is 22.8 Å². The van der Waals surface area contributed by atoms with Crippen LogP contribution in [0.4, 0.5) is 8.78 Å². The monoisotopic (exact) mass is 346 g/mol. The summed E-state index contributed by atoms with van der Waals surface area (Å²) in [4.78, 5) is 14.6. The number of likely N-dealkylation sites (tertiary alicyclic amines) is 1. The Labute approximate surface area is 144 Å². The molecule has 1 amide bonds. The zero-order valence-corrected chi connectivity index (χ0v) is 14.1. The Kier molecular flexibility index (Phi) is 3.81. The van der Waals surface area contributed by atoms with Crippen LogP contribution in [0.1, 0.15) is 48.3 Å². The Balaban J connectivity index is 1.62. The predicted molar refractivity (Wildman–Crippen MR) is 87.0 cm³/mol. The van der Waals surface area contributed by atoms with Crippen LogP contribution in [0.2, 0.25) is 0 Å². The molecule has 1 aromatic carbocycles. The van der Waals surface area contributed by atoms with Gasteiger partial charge in [0.2, 0.25) is 0 Å². The van der Waals surface area contributed by atoms with E-state index >= 15 is 0 Å². The van der Waals surface area contributed by atoms with Crippen molar-refractivity contribution in [3.8, 4) is 0 Å². The van der Waals surface area contributed by atoms with E-state index in [0.29, 0.717) is 13.1 Å². The fraction of sp³-hybridized carbons (Fsp3) is 0.500. The van der Waals surface area contributed by atoms with Crippen molar-refractivity contribution in [3.63, 3.8) is 0 Å². The molecule has 4 rings (SSSR count). The summed E-state index contributed by atoms with van der Waals surface area (Å²) in [6.07, 6.45) is 4.97. The zero-order chi connectivity index (χ0) is 17.6. The van der Waals surface area contributed by atoms with Gasteiger partial charge in [0.15, 0.2) is 11.6 Å². The van der Waals surface area contributed by atoms with Crippen LogP contribution in [0.3, 0.4) is 0 Å². The maximum Gasteiger partial charge on any atom is 0.254 e. The molecule has 1 atom stereocenters. The smallest absolute Gasteiger partial charge is 0.254 e.